The summed E-state index contributed by atoms with van der Waals surface area (Å²) in [6.45, 7) is 0. The molecule has 0 amide bonds. The summed E-state index contributed by atoms with van der Waals surface area (Å²) in [5.74, 6) is 0. The summed E-state index contributed by atoms with van der Waals surface area (Å²) in [5.41, 5.74) is 0. The van der Waals surface area contributed by atoms with Crippen molar-refractivity contribution < 1.29 is 38.9 Å². The molecule has 0 unspecified atom stereocenters. The highest BCUT2D eigenvalue weighted by atomic mass is 28.6. The van der Waals surface area contributed by atoms with Gasteiger partial charge in [-0.1, -0.05) is 0 Å². The summed E-state index contributed by atoms with van der Waals surface area (Å²) < 4.78 is 60.7. The highest BCUT2D eigenvalue weighted by molar-refractivity contribution is 6.82. The second-order valence-corrected chi connectivity index (χ2v) is 18.7. The van der Waals surface area contributed by atoms with Gasteiger partial charge in [0.05, 0.1) is 36.6 Å². The molecule has 6 saturated carbocycles. The van der Waals surface area contributed by atoms with Crippen molar-refractivity contribution in [3.63, 3.8) is 0 Å². The quantitative estimate of drug-likeness (QED) is 0.315. The maximum Gasteiger partial charge on any atom is 0.668 e. The van der Waals surface area contributed by atoms with Crippen molar-refractivity contribution in [2.75, 3.05) is 0 Å². The zero-order chi connectivity index (χ0) is 24.1. The topological polar surface area (TPSA) is 83.1 Å². The number of hydrogen-bond donors (Lipinski definition) is 0. The van der Waals surface area contributed by atoms with Gasteiger partial charge in [-0.05, 0) is 116 Å². The molecule has 0 radical (unpaired) electrons. The van der Waals surface area contributed by atoms with Crippen LogP contribution in [0.25, 0.3) is 0 Å². The lowest BCUT2D eigenvalue weighted by molar-refractivity contribution is -0.172. The minimum absolute atomic E-state index is 0.0630. The first-order valence-electron chi connectivity index (χ1n) is 14.8. The lowest BCUT2D eigenvalue weighted by Gasteiger charge is -2.52. The van der Waals surface area contributed by atoms with E-state index in [-0.39, 0.29) is 36.6 Å². The zero-order valence-electron chi connectivity index (χ0n) is 21.4. The molecule has 1 heterocycles. The Labute approximate surface area is 218 Å². The van der Waals surface area contributed by atoms with Crippen LogP contribution >= 0.6 is 0 Å². The molecule has 0 N–H and O–H groups in total. The Balaban J connectivity index is 1.25. The molecule has 0 atom stereocenters. The van der Waals surface area contributed by atoms with E-state index in [0.717, 1.165) is 116 Å². The first-order chi connectivity index (χ1) is 17.6. The van der Waals surface area contributed by atoms with Gasteiger partial charge in [-0.2, -0.15) is 0 Å². The largest absolute Gasteiger partial charge is 0.668 e. The van der Waals surface area contributed by atoms with Crippen LogP contribution in [0.3, 0.4) is 0 Å². The SMILES string of the molecule is C1CC(O[Si]2(OC3CCC3)O[Si](OC3CCC3)(OC3CCC3)O[Si](OC3CCC3)(OC3CCC3)O2)C1. The molecule has 0 aromatic heterocycles. The monoisotopic (exact) mass is 558 g/mol. The number of rotatable bonds is 12. The van der Waals surface area contributed by atoms with Crippen LogP contribution in [0.2, 0.25) is 0 Å². The van der Waals surface area contributed by atoms with E-state index >= 15 is 0 Å². The smallest absolute Gasteiger partial charge is 0.349 e. The Morgan fingerprint density at radius 2 is 0.472 bits per heavy atom. The van der Waals surface area contributed by atoms with Gasteiger partial charge in [-0.25, -0.2) is 0 Å². The second kappa shape index (κ2) is 10.4. The molecule has 7 rings (SSSR count). The molecular weight excluding hydrogens is 517 g/mol. The van der Waals surface area contributed by atoms with Gasteiger partial charge in [0.2, 0.25) is 0 Å². The third-order valence-corrected chi connectivity index (χ3v) is 18.7. The Morgan fingerprint density at radius 3 is 0.583 bits per heavy atom. The summed E-state index contributed by atoms with van der Waals surface area (Å²) in [6, 6.07) is 0. The first-order valence-corrected chi connectivity index (χ1v) is 19.7. The standard InChI is InChI=1S/C24H42O9Si3/c1-7-19(8-1)25-34(26-20-9-2-10-20)31-35(27-21-11-3-12-21,28-22-13-4-14-22)33-36(32-34,29-23-15-5-16-23)30-24-17-6-18-24/h19-24H,1-18H2. The summed E-state index contributed by atoms with van der Waals surface area (Å²) in [5, 5.41) is 0. The molecule has 12 heteroatoms. The molecule has 9 nitrogen and oxygen atoms in total. The average molecular weight is 559 g/mol. The Kier molecular flexibility index (Phi) is 7.27. The van der Waals surface area contributed by atoms with E-state index in [1.807, 2.05) is 0 Å². The highest BCUT2D eigenvalue weighted by Gasteiger charge is 2.77. The van der Waals surface area contributed by atoms with Gasteiger partial charge in [0, 0.05) is 0 Å². The fraction of sp³-hybridized carbons (Fsp3) is 1.00. The van der Waals surface area contributed by atoms with Gasteiger partial charge < -0.3 is 38.9 Å². The fourth-order valence-corrected chi connectivity index (χ4v) is 16.7. The molecule has 0 aromatic carbocycles. The van der Waals surface area contributed by atoms with Crippen molar-refractivity contribution in [3.8, 4) is 0 Å². The van der Waals surface area contributed by atoms with Gasteiger partial charge in [0.1, 0.15) is 0 Å². The molecule has 0 spiro atoms. The normalized spacial score (nSPS) is 33.0. The van der Waals surface area contributed by atoms with Crippen molar-refractivity contribution in [1.82, 2.24) is 0 Å². The van der Waals surface area contributed by atoms with E-state index in [0.29, 0.717) is 0 Å². The molecular formula is C24H42O9Si3. The van der Waals surface area contributed by atoms with E-state index in [1.54, 1.807) is 0 Å². The van der Waals surface area contributed by atoms with Crippen molar-refractivity contribution in [1.29, 1.82) is 0 Å². The zero-order valence-corrected chi connectivity index (χ0v) is 24.4. The molecule has 1 aliphatic heterocycles. The maximum atomic E-state index is 6.83. The lowest BCUT2D eigenvalue weighted by Crippen LogP contribution is -2.79. The van der Waals surface area contributed by atoms with E-state index < -0.39 is 27.1 Å². The third-order valence-electron chi connectivity index (χ3n) is 8.93. The van der Waals surface area contributed by atoms with Crippen molar-refractivity contribution in [3.05, 3.63) is 0 Å². The van der Waals surface area contributed by atoms with Crippen LogP contribution in [0.15, 0.2) is 0 Å². The second-order valence-electron chi connectivity index (χ2n) is 11.8. The number of hydrogen-bond acceptors (Lipinski definition) is 9. The summed E-state index contributed by atoms with van der Waals surface area (Å²) in [4.78, 5) is 0. The molecule has 0 aromatic rings. The molecule has 1 saturated heterocycles. The summed E-state index contributed by atoms with van der Waals surface area (Å²) in [7, 11) is -11.2. The maximum absolute atomic E-state index is 6.83. The Bertz CT molecular complexity index is 606. The molecule has 6 aliphatic carbocycles. The van der Waals surface area contributed by atoms with Crippen LogP contribution in [0, 0.1) is 0 Å². The molecule has 204 valence electrons. The van der Waals surface area contributed by atoms with Crippen LogP contribution in [-0.4, -0.2) is 63.8 Å². The van der Waals surface area contributed by atoms with E-state index in [2.05, 4.69) is 0 Å². The van der Waals surface area contributed by atoms with E-state index in [4.69, 9.17) is 38.9 Å². The predicted octanol–water partition coefficient (Wildman–Crippen LogP) is 4.77. The van der Waals surface area contributed by atoms with Gasteiger partial charge in [0.15, 0.2) is 0 Å². The average Bonchev–Trinajstić information content (AvgIpc) is 2.68. The van der Waals surface area contributed by atoms with Crippen LogP contribution < -0.4 is 0 Å². The van der Waals surface area contributed by atoms with Crippen molar-refractivity contribution >= 4 is 27.1 Å². The Hall–Kier alpha value is 0.291. The van der Waals surface area contributed by atoms with E-state index in [1.165, 1.54) is 0 Å². The lowest BCUT2D eigenvalue weighted by atomic mass is 9.97. The third kappa shape index (κ3) is 5.35. The Morgan fingerprint density at radius 1 is 0.306 bits per heavy atom. The van der Waals surface area contributed by atoms with Gasteiger partial charge in [-0.15, -0.1) is 0 Å². The minimum Gasteiger partial charge on any atom is -0.349 e. The van der Waals surface area contributed by atoms with Crippen LogP contribution in [-0.2, 0) is 38.9 Å². The van der Waals surface area contributed by atoms with Gasteiger partial charge in [0.25, 0.3) is 0 Å². The fourth-order valence-electron chi connectivity index (χ4n) is 5.05. The first kappa shape index (κ1) is 25.3. The highest BCUT2D eigenvalue weighted by Crippen LogP contribution is 2.45. The molecule has 0 bridgehead atoms. The van der Waals surface area contributed by atoms with Crippen molar-refractivity contribution in [2.24, 2.45) is 0 Å². The molecule has 7 aliphatic rings. The summed E-state index contributed by atoms with van der Waals surface area (Å²) >= 11 is 0. The van der Waals surface area contributed by atoms with Crippen LogP contribution in [0.1, 0.15) is 116 Å². The van der Waals surface area contributed by atoms with Crippen LogP contribution in [0.4, 0.5) is 0 Å². The van der Waals surface area contributed by atoms with Gasteiger partial charge >= 0.3 is 27.1 Å². The minimum atomic E-state index is -3.74. The summed E-state index contributed by atoms with van der Waals surface area (Å²) in [6.07, 6.45) is 19.1. The van der Waals surface area contributed by atoms with Crippen LogP contribution in [0.5, 0.6) is 0 Å². The molecule has 7 fully saturated rings. The van der Waals surface area contributed by atoms with Crippen molar-refractivity contribution in [2.45, 2.75) is 152 Å². The predicted molar refractivity (Wildman–Crippen MR) is 133 cm³/mol. The van der Waals surface area contributed by atoms with E-state index in [9.17, 15) is 0 Å². The van der Waals surface area contributed by atoms with Gasteiger partial charge in [-0.3, -0.25) is 0 Å². The molecule has 36 heavy (non-hydrogen) atoms.